The normalized spacial score (nSPS) is 11.9. The number of carbonyl (C=O) groups excluding carboxylic acids is 2. The van der Waals surface area contributed by atoms with E-state index in [1.807, 2.05) is 13.8 Å². The van der Waals surface area contributed by atoms with E-state index in [1.165, 1.54) is 0 Å². The lowest BCUT2D eigenvalue weighted by Gasteiger charge is -2.10. The van der Waals surface area contributed by atoms with Crippen LogP contribution in [0.25, 0.3) is 0 Å². The van der Waals surface area contributed by atoms with Crippen LogP contribution < -0.4 is 0 Å². The maximum Gasteiger partial charge on any atom is 0.308 e. The second-order valence-corrected chi connectivity index (χ2v) is 3.83. The van der Waals surface area contributed by atoms with E-state index in [4.69, 9.17) is 9.47 Å². The molecule has 0 saturated carbocycles. The Morgan fingerprint density at radius 3 is 2.19 bits per heavy atom. The Morgan fingerprint density at radius 2 is 1.62 bits per heavy atom. The van der Waals surface area contributed by atoms with Gasteiger partial charge in [0.2, 0.25) is 0 Å². The van der Waals surface area contributed by atoms with Crippen LogP contribution >= 0.6 is 0 Å². The number of hydrogen-bond acceptors (Lipinski definition) is 4. The minimum atomic E-state index is -0.239. The summed E-state index contributed by atoms with van der Waals surface area (Å²) in [5, 5.41) is 0. The summed E-state index contributed by atoms with van der Waals surface area (Å²) in [6.07, 6.45) is 2.41. The van der Waals surface area contributed by atoms with Crippen LogP contribution in [0.15, 0.2) is 0 Å². The molecule has 0 saturated heterocycles. The fourth-order valence-corrected chi connectivity index (χ4v) is 1.09. The molecule has 0 aromatic carbocycles. The van der Waals surface area contributed by atoms with Gasteiger partial charge in [-0.2, -0.15) is 0 Å². The second kappa shape index (κ2) is 9.19. The summed E-state index contributed by atoms with van der Waals surface area (Å²) in [6, 6.07) is 0. The van der Waals surface area contributed by atoms with Crippen LogP contribution in [0, 0.1) is 5.92 Å². The highest BCUT2D eigenvalue weighted by atomic mass is 16.5. The fourth-order valence-electron chi connectivity index (χ4n) is 1.09. The molecular formula is C12H22O4. The standard InChI is InChI=1S/C12H22O4/c1-4-8-15-11(13)7-6-10(3)12(14)16-9-5-2/h10H,4-9H2,1-3H3. The third-order valence-corrected chi connectivity index (χ3v) is 2.10. The van der Waals surface area contributed by atoms with Gasteiger partial charge in [0.15, 0.2) is 0 Å². The smallest absolute Gasteiger partial charge is 0.308 e. The van der Waals surface area contributed by atoms with Crippen molar-refractivity contribution in [3.8, 4) is 0 Å². The molecule has 0 aliphatic heterocycles. The van der Waals surface area contributed by atoms with Crippen LogP contribution in [0.4, 0.5) is 0 Å². The van der Waals surface area contributed by atoms with E-state index in [2.05, 4.69) is 0 Å². The second-order valence-electron chi connectivity index (χ2n) is 3.83. The number of hydrogen-bond donors (Lipinski definition) is 0. The van der Waals surface area contributed by atoms with Crippen LogP contribution in [-0.2, 0) is 19.1 Å². The van der Waals surface area contributed by atoms with Crippen molar-refractivity contribution in [1.82, 2.24) is 0 Å². The molecule has 0 bridgehead atoms. The van der Waals surface area contributed by atoms with Gasteiger partial charge in [-0.05, 0) is 19.3 Å². The molecule has 0 aliphatic carbocycles. The molecule has 16 heavy (non-hydrogen) atoms. The van der Waals surface area contributed by atoms with Crippen molar-refractivity contribution in [3.63, 3.8) is 0 Å². The molecule has 0 aliphatic rings. The predicted octanol–water partition coefficient (Wildman–Crippen LogP) is 2.31. The molecule has 0 aromatic heterocycles. The van der Waals surface area contributed by atoms with Crippen LogP contribution in [0.2, 0.25) is 0 Å². The SMILES string of the molecule is CCCOC(=O)CCC(C)C(=O)OCCC. The predicted molar refractivity (Wildman–Crippen MR) is 60.9 cm³/mol. The summed E-state index contributed by atoms with van der Waals surface area (Å²) in [5.74, 6) is -0.706. The Hall–Kier alpha value is -1.06. The highest BCUT2D eigenvalue weighted by Gasteiger charge is 2.16. The summed E-state index contributed by atoms with van der Waals surface area (Å²) < 4.78 is 9.89. The zero-order valence-corrected chi connectivity index (χ0v) is 10.5. The quantitative estimate of drug-likeness (QED) is 0.600. The van der Waals surface area contributed by atoms with E-state index >= 15 is 0 Å². The number of rotatable bonds is 8. The van der Waals surface area contributed by atoms with Gasteiger partial charge >= 0.3 is 11.9 Å². The summed E-state index contributed by atoms with van der Waals surface area (Å²) in [5.41, 5.74) is 0. The van der Waals surface area contributed by atoms with Gasteiger partial charge in [0.05, 0.1) is 19.1 Å². The Balaban J connectivity index is 3.66. The van der Waals surface area contributed by atoms with E-state index in [0.717, 1.165) is 12.8 Å². The lowest BCUT2D eigenvalue weighted by Crippen LogP contribution is -2.17. The summed E-state index contributed by atoms with van der Waals surface area (Å²) in [4.78, 5) is 22.5. The van der Waals surface area contributed by atoms with Crippen LogP contribution in [0.3, 0.4) is 0 Å². The molecule has 0 N–H and O–H groups in total. The Morgan fingerprint density at radius 1 is 1.06 bits per heavy atom. The van der Waals surface area contributed by atoms with Gasteiger partial charge in [0, 0.05) is 6.42 Å². The molecular weight excluding hydrogens is 208 g/mol. The average Bonchev–Trinajstić information content (AvgIpc) is 2.30. The van der Waals surface area contributed by atoms with Gasteiger partial charge in [-0.25, -0.2) is 0 Å². The maximum absolute atomic E-state index is 11.4. The van der Waals surface area contributed by atoms with Crippen LogP contribution in [0.1, 0.15) is 46.5 Å². The first-order valence-electron chi connectivity index (χ1n) is 5.94. The van der Waals surface area contributed by atoms with E-state index in [9.17, 15) is 9.59 Å². The van der Waals surface area contributed by atoms with Crippen molar-refractivity contribution >= 4 is 11.9 Å². The van der Waals surface area contributed by atoms with Gasteiger partial charge in [-0.1, -0.05) is 20.8 Å². The van der Waals surface area contributed by atoms with E-state index in [-0.39, 0.29) is 24.3 Å². The molecule has 1 atom stereocenters. The van der Waals surface area contributed by atoms with E-state index in [1.54, 1.807) is 6.92 Å². The monoisotopic (exact) mass is 230 g/mol. The van der Waals surface area contributed by atoms with E-state index in [0.29, 0.717) is 19.6 Å². The van der Waals surface area contributed by atoms with Crippen LogP contribution in [0.5, 0.6) is 0 Å². The minimum absolute atomic E-state index is 0.231. The van der Waals surface area contributed by atoms with Gasteiger partial charge in [0.25, 0.3) is 0 Å². The molecule has 4 heteroatoms. The van der Waals surface area contributed by atoms with Crippen molar-refractivity contribution in [2.24, 2.45) is 5.92 Å². The highest BCUT2D eigenvalue weighted by molar-refractivity contribution is 5.74. The van der Waals surface area contributed by atoms with Gasteiger partial charge in [0.1, 0.15) is 0 Å². The molecule has 94 valence electrons. The minimum Gasteiger partial charge on any atom is -0.466 e. The molecule has 4 nitrogen and oxygen atoms in total. The topological polar surface area (TPSA) is 52.6 Å². The Kier molecular flexibility index (Phi) is 8.58. The lowest BCUT2D eigenvalue weighted by atomic mass is 10.1. The summed E-state index contributed by atoms with van der Waals surface area (Å²) >= 11 is 0. The average molecular weight is 230 g/mol. The summed E-state index contributed by atoms with van der Waals surface area (Å²) in [6.45, 7) is 6.56. The van der Waals surface area contributed by atoms with Crippen molar-refractivity contribution < 1.29 is 19.1 Å². The Labute approximate surface area is 97.3 Å². The molecule has 0 amide bonds. The van der Waals surface area contributed by atoms with Crippen molar-refractivity contribution in [1.29, 1.82) is 0 Å². The summed E-state index contributed by atoms with van der Waals surface area (Å²) in [7, 11) is 0. The zero-order chi connectivity index (χ0) is 12.4. The molecule has 0 radical (unpaired) electrons. The largest absolute Gasteiger partial charge is 0.466 e. The first-order valence-corrected chi connectivity index (χ1v) is 5.94. The number of carbonyl (C=O) groups is 2. The van der Waals surface area contributed by atoms with E-state index < -0.39 is 0 Å². The third-order valence-electron chi connectivity index (χ3n) is 2.10. The molecule has 1 unspecified atom stereocenters. The molecule has 0 rings (SSSR count). The number of ether oxygens (including phenoxy) is 2. The molecule has 0 aromatic rings. The Bertz CT molecular complexity index is 213. The van der Waals surface area contributed by atoms with Gasteiger partial charge in [-0.15, -0.1) is 0 Å². The highest BCUT2D eigenvalue weighted by Crippen LogP contribution is 2.09. The zero-order valence-electron chi connectivity index (χ0n) is 10.5. The van der Waals surface area contributed by atoms with Gasteiger partial charge in [-0.3, -0.25) is 9.59 Å². The fraction of sp³-hybridized carbons (Fsp3) is 0.833. The molecule has 0 fully saturated rings. The first kappa shape index (κ1) is 14.9. The molecule has 0 heterocycles. The van der Waals surface area contributed by atoms with Gasteiger partial charge < -0.3 is 9.47 Å². The van der Waals surface area contributed by atoms with Crippen molar-refractivity contribution in [3.05, 3.63) is 0 Å². The first-order chi connectivity index (χ1) is 7.61. The van der Waals surface area contributed by atoms with Crippen molar-refractivity contribution in [2.75, 3.05) is 13.2 Å². The van der Waals surface area contributed by atoms with Crippen LogP contribution in [-0.4, -0.2) is 25.2 Å². The third kappa shape index (κ3) is 7.26. The lowest BCUT2D eigenvalue weighted by molar-refractivity contribution is -0.149. The maximum atomic E-state index is 11.4. The van der Waals surface area contributed by atoms with Crippen molar-refractivity contribution in [2.45, 2.75) is 46.5 Å². The number of esters is 2. The molecule has 0 spiro atoms.